The molecule has 0 saturated heterocycles. The smallest absolute Gasteiger partial charge is 0.158 e. The second-order valence-corrected chi connectivity index (χ2v) is 4.09. The number of aromatic nitrogens is 2. The number of nitrogens with two attached hydrogens (primary N) is 1. The number of nitrogen functional groups attached to an aromatic ring is 1. The molecule has 0 aliphatic carbocycles. The molecule has 0 aliphatic rings. The summed E-state index contributed by atoms with van der Waals surface area (Å²) in [5.41, 5.74) is 5.97. The summed E-state index contributed by atoms with van der Waals surface area (Å²) in [5.74, 6) is 0.584. The van der Waals surface area contributed by atoms with Crippen LogP contribution >= 0.6 is 0 Å². The van der Waals surface area contributed by atoms with Gasteiger partial charge in [-0.25, -0.2) is 9.97 Å². The monoisotopic (exact) mass is 251 g/mol. The van der Waals surface area contributed by atoms with Gasteiger partial charge in [0.25, 0.3) is 0 Å². The Kier molecular flexibility index (Phi) is 5.51. The number of nitrogens with one attached hydrogen (secondary N) is 1. The van der Waals surface area contributed by atoms with Gasteiger partial charge in [-0.2, -0.15) is 0 Å². The molecule has 1 unspecified atom stereocenters. The molecule has 1 rings (SSSR count). The zero-order valence-corrected chi connectivity index (χ0v) is 11.2. The summed E-state index contributed by atoms with van der Waals surface area (Å²) in [4.78, 5) is 10.5. The lowest BCUT2D eigenvalue weighted by atomic mass is 10.2. The largest absolute Gasteiger partial charge is 0.383 e. The van der Waals surface area contributed by atoms with Crippen LogP contribution in [-0.2, 0) is 4.74 Å². The highest BCUT2D eigenvalue weighted by atomic mass is 16.5. The van der Waals surface area contributed by atoms with Crippen molar-refractivity contribution in [3.05, 3.63) is 18.1 Å². The Morgan fingerprint density at radius 1 is 1.50 bits per heavy atom. The van der Waals surface area contributed by atoms with Crippen molar-refractivity contribution in [2.45, 2.75) is 26.3 Å². The van der Waals surface area contributed by atoms with Crippen LogP contribution in [-0.4, -0.2) is 42.1 Å². The maximum atomic E-state index is 7.56. The lowest BCUT2D eigenvalue weighted by molar-refractivity contribution is 0.203. The highest BCUT2D eigenvalue weighted by molar-refractivity contribution is 5.97. The van der Waals surface area contributed by atoms with E-state index in [9.17, 15) is 0 Å². The summed E-state index contributed by atoms with van der Waals surface area (Å²) < 4.78 is 5.11. The molecule has 0 saturated carbocycles. The summed E-state index contributed by atoms with van der Waals surface area (Å²) >= 11 is 0. The van der Waals surface area contributed by atoms with Gasteiger partial charge in [0.05, 0.1) is 6.61 Å². The van der Waals surface area contributed by atoms with Crippen molar-refractivity contribution < 1.29 is 4.74 Å². The van der Waals surface area contributed by atoms with Crippen molar-refractivity contribution >= 4 is 11.7 Å². The van der Waals surface area contributed by atoms with Crippen molar-refractivity contribution in [2.24, 2.45) is 5.73 Å². The number of amidine groups is 1. The van der Waals surface area contributed by atoms with E-state index in [1.54, 1.807) is 19.5 Å². The predicted octanol–water partition coefficient (Wildman–Crippen LogP) is 1.01. The Morgan fingerprint density at radius 2 is 2.17 bits per heavy atom. The Bertz CT molecular complexity index is 396. The van der Waals surface area contributed by atoms with E-state index in [1.165, 1.54) is 0 Å². The molecular formula is C12H21N5O. The van der Waals surface area contributed by atoms with Gasteiger partial charge in [0.2, 0.25) is 0 Å². The fourth-order valence-corrected chi connectivity index (χ4v) is 1.68. The van der Waals surface area contributed by atoms with Gasteiger partial charge in [-0.15, -0.1) is 0 Å². The van der Waals surface area contributed by atoms with E-state index in [2.05, 4.69) is 28.7 Å². The lowest BCUT2D eigenvalue weighted by Gasteiger charge is -2.30. The second kappa shape index (κ2) is 6.90. The summed E-state index contributed by atoms with van der Waals surface area (Å²) in [6.45, 7) is 5.51. The lowest BCUT2D eigenvalue weighted by Crippen LogP contribution is -2.38. The minimum Gasteiger partial charge on any atom is -0.383 e. The number of anilines is 1. The van der Waals surface area contributed by atoms with Crippen LogP contribution < -0.4 is 10.6 Å². The molecule has 0 amide bonds. The van der Waals surface area contributed by atoms with Crippen molar-refractivity contribution in [1.82, 2.24) is 9.97 Å². The molecule has 1 aromatic rings. The van der Waals surface area contributed by atoms with Crippen LogP contribution in [0.5, 0.6) is 0 Å². The van der Waals surface area contributed by atoms with E-state index in [4.69, 9.17) is 15.9 Å². The molecule has 100 valence electrons. The van der Waals surface area contributed by atoms with Crippen molar-refractivity contribution in [1.29, 1.82) is 5.41 Å². The molecule has 0 spiro atoms. The normalized spacial score (nSPS) is 12.2. The molecule has 6 heteroatoms. The molecule has 0 bridgehead atoms. The van der Waals surface area contributed by atoms with E-state index in [1.807, 2.05) is 0 Å². The fraction of sp³-hybridized carbons (Fsp3) is 0.583. The van der Waals surface area contributed by atoms with E-state index in [0.717, 1.165) is 6.42 Å². The van der Waals surface area contributed by atoms with Crippen LogP contribution in [0.1, 0.15) is 26.0 Å². The molecular weight excluding hydrogens is 230 g/mol. The number of hydrogen-bond acceptors (Lipinski definition) is 5. The average molecular weight is 251 g/mol. The maximum absolute atomic E-state index is 7.56. The summed E-state index contributed by atoms with van der Waals surface area (Å²) in [5, 5.41) is 7.56. The second-order valence-electron chi connectivity index (χ2n) is 4.09. The quantitative estimate of drug-likeness (QED) is 0.558. The first-order valence-corrected chi connectivity index (χ1v) is 6.02. The molecule has 0 aromatic carbocycles. The van der Waals surface area contributed by atoms with Crippen LogP contribution in [0, 0.1) is 5.41 Å². The first-order valence-electron chi connectivity index (χ1n) is 6.02. The van der Waals surface area contributed by atoms with Crippen LogP contribution in [0.3, 0.4) is 0 Å². The Balaban J connectivity index is 3.07. The zero-order chi connectivity index (χ0) is 13.5. The summed E-state index contributed by atoms with van der Waals surface area (Å²) in [6.07, 6.45) is 4.13. The molecule has 1 atom stereocenters. The van der Waals surface area contributed by atoms with Crippen LogP contribution in [0.25, 0.3) is 0 Å². The minimum atomic E-state index is -0.0659. The summed E-state index contributed by atoms with van der Waals surface area (Å²) in [7, 11) is 1.66. The topological polar surface area (TPSA) is 88.1 Å². The number of ether oxygens (including phenoxy) is 1. The third-order valence-corrected chi connectivity index (χ3v) is 2.87. The van der Waals surface area contributed by atoms with E-state index in [-0.39, 0.29) is 11.9 Å². The zero-order valence-electron chi connectivity index (χ0n) is 11.2. The first-order chi connectivity index (χ1) is 8.61. The van der Waals surface area contributed by atoms with Crippen molar-refractivity contribution in [2.75, 3.05) is 25.2 Å². The molecule has 1 aromatic heterocycles. The number of hydrogen-bond donors (Lipinski definition) is 2. The number of nitrogens with zero attached hydrogens (tertiary/aromatic N) is 3. The van der Waals surface area contributed by atoms with E-state index in [0.29, 0.717) is 24.7 Å². The molecule has 1 heterocycles. The van der Waals surface area contributed by atoms with Gasteiger partial charge in [0, 0.05) is 32.1 Å². The maximum Gasteiger partial charge on any atom is 0.158 e. The average Bonchev–Trinajstić information content (AvgIpc) is 2.39. The number of rotatable bonds is 7. The third-order valence-electron chi connectivity index (χ3n) is 2.87. The van der Waals surface area contributed by atoms with Gasteiger partial charge in [-0.3, -0.25) is 5.41 Å². The summed E-state index contributed by atoms with van der Waals surface area (Å²) in [6, 6.07) is 0.287. The van der Waals surface area contributed by atoms with Gasteiger partial charge >= 0.3 is 0 Å². The standard InChI is InChI=1S/C12H21N5O/c1-4-9(2)17(7-8-18-3)12-10(11(13)14)15-5-6-16-12/h5-6,9H,4,7-8H2,1-3H3,(H3,13,14). The fourth-order valence-electron chi connectivity index (χ4n) is 1.68. The molecule has 0 fully saturated rings. The Morgan fingerprint density at radius 3 is 2.72 bits per heavy atom. The van der Waals surface area contributed by atoms with Gasteiger partial charge in [-0.1, -0.05) is 6.92 Å². The van der Waals surface area contributed by atoms with Gasteiger partial charge in [-0.05, 0) is 13.3 Å². The highest BCUT2D eigenvalue weighted by Crippen LogP contribution is 2.18. The number of methoxy groups -OCH3 is 1. The SMILES string of the molecule is CCC(C)N(CCOC)c1nccnc1C(=N)N. The van der Waals surface area contributed by atoms with Crippen molar-refractivity contribution in [3.63, 3.8) is 0 Å². The third kappa shape index (κ3) is 3.40. The van der Waals surface area contributed by atoms with Crippen LogP contribution in [0.15, 0.2) is 12.4 Å². The first kappa shape index (κ1) is 14.4. The van der Waals surface area contributed by atoms with E-state index < -0.39 is 0 Å². The molecule has 0 radical (unpaired) electrons. The van der Waals surface area contributed by atoms with Crippen LogP contribution in [0.4, 0.5) is 5.82 Å². The highest BCUT2D eigenvalue weighted by Gasteiger charge is 2.19. The Labute approximate surface area is 108 Å². The van der Waals surface area contributed by atoms with E-state index >= 15 is 0 Å². The molecule has 18 heavy (non-hydrogen) atoms. The Hall–Kier alpha value is -1.69. The minimum absolute atomic E-state index is 0.0659. The van der Waals surface area contributed by atoms with Gasteiger partial charge in [0.15, 0.2) is 5.82 Å². The van der Waals surface area contributed by atoms with Crippen molar-refractivity contribution in [3.8, 4) is 0 Å². The molecule has 6 nitrogen and oxygen atoms in total. The van der Waals surface area contributed by atoms with Crippen LogP contribution in [0.2, 0.25) is 0 Å². The molecule has 3 N–H and O–H groups in total. The predicted molar refractivity (Wildman–Crippen MR) is 72.0 cm³/mol. The molecule has 0 aliphatic heterocycles. The van der Waals surface area contributed by atoms with Gasteiger partial charge < -0.3 is 15.4 Å². The van der Waals surface area contributed by atoms with Gasteiger partial charge in [0.1, 0.15) is 11.5 Å².